The monoisotopic (exact) mass is 327 g/mol. The highest BCUT2D eigenvalue weighted by Gasteiger charge is 2.34. The largest absolute Gasteiger partial charge is 0.481 e. The van der Waals surface area contributed by atoms with Crippen LogP contribution in [0.2, 0.25) is 0 Å². The van der Waals surface area contributed by atoms with E-state index in [9.17, 15) is 9.90 Å². The first-order valence-corrected chi connectivity index (χ1v) is 7.43. The Balaban J connectivity index is 2.64. The van der Waals surface area contributed by atoms with E-state index in [4.69, 9.17) is 0 Å². The number of halogens is 1. The fourth-order valence-corrected chi connectivity index (χ4v) is 2.74. The van der Waals surface area contributed by atoms with E-state index in [1.807, 2.05) is 20.8 Å². The molecule has 0 heterocycles. The molecule has 0 amide bonds. The average molecular weight is 328 g/mol. The SMILES string of the molecule is CCC(CC)(CNCc1ccc(C)cc1Br)C(=O)O. The molecule has 0 fully saturated rings. The molecule has 0 unspecified atom stereocenters. The van der Waals surface area contributed by atoms with Crippen LogP contribution in [-0.2, 0) is 11.3 Å². The Kier molecular flexibility index (Phi) is 6.01. The average Bonchev–Trinajstić information content (AvgIpc) is 2.37. The molecule has 0 saturated carbocycles. The van der Waals surface area contributed by atoms with Gasteiger partial charge in [-0.05, 0) is 37.0 Å². The molecule has 1 aromatic rings. The lowest BCUT2D eigenvalue weighted by Gasteiger charge is -2.27. The molecule has 0 radical (unpaired) electrons. The number of carbonyl (C=O) groups is 1. The number of aliphatic carboxylic acids is 1. The Morgan fingerprint density at radius 2 is 2.00 bits per heavy atom. The van der Waals surface area contributed by atoms with Crippen LogP contribution in [-0.4, -0.2) is 17.6 Å². The predicted molar refractivity (Wildman–Crippen MR) is 81.2 cm³/mol. The molecule has 0 aliphatic carbocycles. The van der Waals surface area contributed by atoms with Crippen LogP contribution in [0.15, 0.2) is 22.7 Å². The van der Waals surface area contributed by atoms with E-state index in [0.29, 0.717) is 25.9 Å². The van der Waals surface area contributed by atoms with Gasteiger partial charge >= 0.3 is 5.97 Å². The van der Waals surface area contributed by atoms with Crippen LogP contribution in [0.25, 0.3) is 0 Å². The third-order valence-electron chi connectivity index (χ3n) is 3.79. The fourth-order valence-electron chi connectivity index (χ4n) is 2.11. The van der Waals surface area contributed by atoms with E-state index < -0.39 is 11.4 Å². The van der Waals surface area contributed by atoms with E-state index in [2.05, 4.69) is 39.4 Å². The van der Waals surface area contributed by atoms with Crippen molar-refractivity contribution in [3.8, 4) is 0 Å². The second kappa shape index (κ2) is 7.06. The van der Waals surface area contributed by atoms with Crippen LogP contribution in [0.1, 0.15) is 37.8 Å². The Morgan fingerprint density at radius 1 is 1.37 bits per heavy atom. The van der Waals surface area contributed by atoms with Crippen LogP contribution >= 0.6 is 15.9 Å². The molecule has 3 nitrogen and oxygen atoms in total. The van der Waals surface area contributed by atoms with E-state index in [-0.39, 0.29) is 0 Å². The van der Waals surface area contributed by atoms with Gasteiger partial charge in [-0.25, -0.2) is 0 Å². The smallest absolute Gasteiger partial charge is 0.310 e. The minimum atomic E-state index is -0.715. The number of aryl methyl sites for hydroxylation is 1. The Bertz CT molecular complexity index is 442. The van der Waals surface area contributed by atoms with Gasteiger partial charge in [0.1, 0.15) is 0 Å². The lowest BCUT2D eigenvalue weighted by atomic mass is 9.82. The summed E-state index contributed by atoms with van der Waals surface area (Å²) in [6, 6.07) is 6.19. The normalized spacial score (nSPS) is 11.6. The molecule has 0 atom stereocenters. The molecule has 106 valence electrons. The van der Waals surface area contributed by atoms with Gasteiger partial charge in [-0.3, -0.25) is 4.79 Å². The minimum absolute atomic E-state index is 0.496. The first-order chi connectivity index (χ1) is 8.95. The maximum Gasteiger partial charge on any atom is 0.310 e. The summed E-state index contributed by atoms with van der Waals surface area (Å²) in [5.41, 5.74) is 1.70. The molecule has 0 aromatic heterocycles. The molecule has 0 bridgehead atoms. The zero-order valence-corrected chi connectivity index (χ0v) is 13.4. The van der Waals surface area contributed by atoms with Gasteiger partial charge in [0, 0.05) is 17.6 Å². The number of carboxylic acid groups (broad SMARTS) is 1. The predicted octanol–water partition coefficient (Wildman–Crippen LogP) is 3.74. The van der Waals surface area contributed by atoms with Crippen molar-refractivity contribution < 1.29 is 9.90 Å². The number of hydrogen-bond acceptors (Lipinski definition) is 2. The summed E-state index contributed by atoms with van der Waals surface area (Å²) in [6.45, 7) is 7.08. The maximum atomic E-state index is 11.4. The lowest BCUT2D eigenvalue weighted by Crippen LogP contribution is -2.40. The van der Waals surface area contributed by atoms with Gasteiger partial charge < -0.3 is 10.4 Å². The topological polar surface area (TPSA) is 49.3 Å². The van der Waals surface area contributed by atoms with Gasteiger partial charge in [0.05, 0.1) is 5.41 Å². The second-order valence-electron chi connectivity index (χ2n) is 4.99. The quantitative estimate of drug-likeness (QED) is 0.802. The zero-order chi connectivity index (χ0) is 14.5. The van der Waals surface area contributed by atoms with E-state index >= 15 is 0 Å². The van der Waals surface area contributed by atoms with Gasteiger partial charge in [-0.2, -0.15) is 0 Å². The highest BCUT2D eigenvalue weighted by atomic mass is 79.9. The van der Waals surface area contributed by atoms with E-state index in [1.54, 1.807) is 0 Å². The first-order valence-electron chi connectivity index (χ1n) is 6.64. The first kappa shape index (κ1) is 16.2. The van der Waals surface area contributed by atoms with Gasteiger partial charge in [0.2, 0.25) is 0 Å². The molecule has 0 saturated heterocycles. The van der Waals surface area contributed by atoms with Crippen molar-refractivity contribution in [1.82, 2.24) is 5.32 Å². The number of carboxylic acids is 1. The van der Waals surface area contributed by atoms with Crippen molar-refractivity contribution in [2.75, 3.05) is 6.54 Å². The lowest BCUT2D eigenvalue weighted by molar-refractivity contribution is -0.149. The number of nitrogens with one attached hydrogen (secondary N) is 1. The second-order valence-corrected chi connectivity index (χ2v) is 5.85. The molecule has 2 N–H and O–H groups in total. The Hall–Kier alpha value is -0.870. The molecule has 0 spiro atoms. The van der Waals surface area contributed by atoms with Gasteiger partial charge in [-0.15, -0.1) is 0 Å². The van der Waals surface area contributed by atoms with Crippen molar-refractivity contribution in [3.05, 3.63) is 33.8 Å². The molecule has 0 aliphatic heterocycles. The standard InChI is InChI=1S/C15H22BrNO2/c1-4-15(5-2,14(18)19)10-17-9-12-7-6-11(3)8-13(12)16/h6-8,17H,4-5,9-10H2,1-3H3,(H,18,19). The minimum Gasteiger partial charge on any atom is -0.481 e. The molecule has 0 aliphatic rings. The molecule has 1 aromatic carbocycles. The number of rotatable bonds is 7. The summed E-state index contributed by atoms with van der Waals surface area (Å²) in [7, 11) is 0. The number of benzene rings is 1. The summed E-state index contributed by atoms with van der Waals surface area (Å²) >= 11 is 3.53. The van der Waals surface area contributed by atoms with Crippen LogP contribution in [0.5, 0.6) is 0 Å². The molecule has 19 heavy (non-hydrogen) atoms. The van der Waals surface area contributed by atoms with Gasteiger partial charge in [-0.1, -0.05) is 41.9 Å². The number of hydrogen-bond donors (Lipinski definition) is 2. The summed E-state index contributed by atoms with van der Waals surface area (Å²) in [5.74, 6) is -0.715. The van der Waals surface area contributed by atoms with Gasteiger partial charge in [0.25, 0.3) is 0 Å². The van der Waals surface area contributed by atoms with E-state index in [1.165, 1.54) is 5.56 Å². The highest BCUT2D eigenvalue weighted by molar-refractivity contribution is 9.10. The van der Waals surface area contributed by atoms with Crippen molar-refractivity contribution >= 4 is 21.9 Å². The maximum absolute atomic E-state index is 11.4. The molecule has 4 heteroatoms. The summed E-state index contributed by atoms with van der Waals surface area (Å²) in [6.07, 6.45) is 1.28. The Morgan fingerprint density at radius 3 is 2.47 bits per heavy atom. The van der Waals surface area contributed by atoms with Crippen molar-refractivity contribution in [2.45, 2.75) is 40.2 Å². The Labute approximate surface area is 123 Å². The third-order valence-corrected chi connectivity index (χ3v) is 4.53. The highest BCUT2D eigenvalue weighted by Crippen LogP contribution is 2.26. The third kappa shape index (κ3) is 4.05. The zero-order valence-electron chi connectivity index (χ0n) is 11.8. The van der Waals surface area contributed by atoms with Crippen molar-refractivity contribution in [2.24, 2.45) is 5.41 Å². The molecular weight excluding hydrogens is 306 g/mol. The van der Waals surface area contributed by atoms with Crippen molar-refractivity contribution in [3.63, 3.8) is 0 Å². The van der Waals surface area contributed by atoms with E-state index in [0.717, 1.165) is 10.0 Å². The van der Waals surface area contributed by atoms with Crippen molar-refractivity contribution in [1.29, 1.82) is 0 Å². The summed E-state index contributed by atoms with van der Waals surface area (Å²) < 4.78 is 1.06. The molecular formula is C15H22BrNO2. The van der Waals surface area contributed by atoms with Crippen LogP contribution in [0, 0.1) is 12.3 Å². The van der Waals surface area contributed by atoms with Gasteiger partial charge in [0.15, 0.2) is 0 Å². The van der Waals surface area contributed by atoms with Crippen LogP contribution in [0.3, 0.4) is 0 Å². The van der Waals surface area contributed by atoms with Crippen LogP contribution in [0.4, 0.5) is 0 Å². The summed E-state index contributed by atoms with van der Waals surface area (Å²) in [4.78, 5) is 11.4. The molecule has 1 rings (SSSR count). The van der Waals surface area contributed by atoms with Crippen LogP contribution < -0.4 is 5.32 Å². The summed E-state index contributed by atoms with van der Waals surface area (Å²) in [5, 5.41) is 12.6. The fraction of sp³-hybridized carbons (Fsp3) is 0.533.